The van der Waals surface area contributed by atoms with Gasteiger partial charge < -0.3 is 19.5 Å². The number of hydrogen-bond donors (Lipinski definition) is 1. The number of hydrogen-bond acceptors (Lipinski definition) is 5. The third-order valence-electron chi connectivity index (χ3n) is 5.29. The lowest BCUT2D eigenvalue weighted by atomic mass is 9.91. The number of ether oxygens (including phenoxy) is 3. The second-order valence-corrected chi connectivity index (χ2v) is 7.23. The Labute approximate surface area is 155 Å². The number of methoxy groups -OCH3 is 1. The minimum Gasteiger partial charge on any atom is -0.486 e. The number of fused-ring (bicyclic) bond motifs is 1. The van der Waals surface area contributed by atoms with E-state index in [-0.39, 0.29) is 5.91 Å². The lowest BCUT2D eigenvalue weighted by Crippen LogP contribution is -2.42. The van der Waals surface area contributed by atoms with Crippen LogP contribution >= 0.6 is 0 Å². The molecule has 0 saturated carbocycles. The van der Waals surface area contributed by atoms with Crippen molar-refractivity contribution in [2.75, 3.05) is 45.3 Å². The molecule has 1 amide bonds. The standard InChI is InChI=1S/C20H30N2O4/c1-15(14-24-2)22-9-7-16(8-10-22)3-6-20(23)21-17-4-5-18-19(13-17)26-12-11-25-18/h4-5,13,15-16H,3,6-12,14H2,1-2H3,(H,21,23)/t15-/m0/s1. The van der Waals surface area contributed by atoms with Crippen molar-refractivity contribution in [2.45, 2.75) is 38.6 Å². The SMILES string of the molecule is COC[C@H](C)N1CCC(CCC(=O)Nc2ccc3c(c2)OCCO3)CC1. The van der Waals surface area contributed by atoms with Crippen LogP contribution in [0.4, 0.5) is 5.69 Å². The van der Waals surface area contributed by atoms with E-state index >= 15 is 0 Å². The van der Waals surface area contributed by atoms with Gasteiger partial charge in [-0.1, -0.05) is 0 Å². The maximum atomic E-state index is 12.3. The number of nitrogens with one attached hydrogen (secondary N) is 1. The lowest BCUT2D eigenvalue weighted by molar-refractivity contribution is -0.116. The molecule has 6 nitrogen and oxygen atoms in total. The van der Waals surface area contributed by atoms with E-state index in [1.807, 2.05) is 18.2 Å². The summed E-state index contributed by atoms with van der Waals surface area (Å²) in [6.45, 7) is 6.30. The summed E-state index contributed by atoms with van der Waals surface area (Å²) >= 11 is 0. The fourth-order valence-electron chi connectivity index (χ4n) is 3.71. The average Bonchev–Trinajstić information content (AvgIpc) is 2.67. The summed E-state index contributed by atoms with van der Waals surface area (Å²) in [7, 11) is 1.75. The first kappa shape index (κ1) is 19.0. The second-order valence-electron chi connectivity index (χ2n) is 7.23. The Bertz CT molecular complexity index is 599. The predicted octanol–water partition coefficient (Wildman–Crippen LogP) is 2.92. The van der Waals surface area contributed by atoms with Gasteiger partial charge in [0.1, 0.15) is 13.2 Å². The van der Waals surface area contributed by atoms with Gasteiger partial charge in [-0.2, -0.15) is 0 Å². The van der Waals surface area contributed by atoms with Crippen LogP contribution in [0.25, 0.3) is 0 Å². The molecule has 0 aromatic heterocycles. The van der Waals surface area contributed by atoms with Gasteiger partial charge in [-0.3, -0.25) is 9.69 Å². The smallest absolute Gasteiger partial charge is 0.224 e. The number of rotatable bonds is 7. The largest absolute Gasteiger partial charge is 0.486 e. The van der Waals surface area contributed by atoms with E-state index in [2.05, 4.69) is 17.1 Å². The van der Waals surface area contributed by atoms with Gasteiger partial charge in [0.05, 0.1) is 6.61 Å². The van der Waals surface area contributed by atoms with Crippen LogP contribution in [0.3, 0.4) is 0 Å². The Morgan fingerprint density at radius 2 is 2.00 bits per heavy atom. The molecule has 1 aromatic rings. The lowest BCUT2D eigenvalue weighted by Gasteiger charge is -2.35. The topological polar surface area (TPSA) is 60.0 Å². The first-order valence-electron chi connectivity index (χ1n) is 9.58. The van der Waals surface area contributed by atoms with E-state index in [9.17, 15) is 4.79 Å². The van der Waals surface area contributed by atoms with E-state index < -0.39 is 0 Å². The van der Waals surface area contributed by atoms with Crippen LogP contribution in [0, 0.1) is 5.92 Å². The van der Waals surface area contributed by atoms with Crippen LogP contribution in [0.5, 0.6) is 11.5 Å². The van der Waals surface area contributed by atoms with Crippen LogP contribution < -0.4 is 14.8 Å². The van der Waals surface area contributed by atoms with Crippen molar-refractivity contribution in [1.82, 2.24) is 4.90 Å². The Hall–Kier alpha value is -1.79. The number of anilines is 1. The number of likely N-dealkylation sites (tertiary alicyclic amines) is 1. The summed E-state index contributed by atoms with van der Waals surface area (Å²) in [6, 6.07) is 6.02. The number of piperidine rings is 1. The molecule has 3 rings (SSSR count). The highest BCUT2D eigenvalue weighted by Gasteiger charge is 2.23. The van der Waals surface area contributed by atoms with Gasteiger partial charge in [-0.05, 0) is 57.3 Å². The molecule has 1 N–H and O–H groups in total. The van der Waals surface area contributed by atoms with Crippen LogP contribution in [0.15, 0.2) is 18.2 Å². The van der Waals surface area contributed by atoms with E-state index in [0.717, 1.165) is 50.4 Å². The van der Waals surface area contributed by atoms with E-state index in [1.54, 1.807) is 7.11 Å². The van der Waals surface area contributed by atoms with Gasteiger partial charge in [-0.25, -0.2) is 0 Å². The normalized spacial score (nSPS) is 19.2. The average molecular weight is 362 g/mol. The summed E-state index contributed by atoms with van der Waals surface area (Å²) in [4.78, 5) is 14.8. The van der Waals surface area contributed by atoms with Crippen molar-refractivity contribution >= 4 is 11.6 Å². The summed E-state index contributed by atoms with van der Waals surface area (Å²) in [5.74, 6) is 2.14. The quantitative estimate of drug-likeness (QED) is 0.808. The molecule has 0 spiro atoms. The minimum absolute atomic E-state index is 0.0665. The molecule has 144 valence electrons. The summed E-state index contributed by atoms with van der Waals surface area (Å²) < 4.78 is 16.3. The number of amides is 1. The third kappa shape index (κ3) is 5.11. The molecule has 2 aliphatic heterocycles. The highest BCUT2D eigenvalue weighted by molar-refractivity contribution is 5.91. The number of nitrogens with zero attached hydrogens (tertiary/aromatic N) is 1. The van der Waals surface area contributed by atoms with Gasteiger partial charge in [0.25, 0.3) is 0 Å². The molecule has 0 bridgehead atoms. The summed E-state index contributed by atoms with van der Waals surface area (Å²) in [5, 5.41) is 2.97. The highest BCUT2D eigenvalue weighted by atomic mass is 16.6. The van der Waals surface area contributed by atoms with Gasteiger partial charge >= 0.3 is 0 Å². The summed E-state index contributed by atoms with van der Waals surface area (Å²) in [6.07, 6.45) is 3.83. The summed E-state index contributed by atoms with van der Waals surface area (Å²) in [5.41, 5.74) is 0.766. The molecule has 1 aromatic carbocycles. The number of benzene rings is 1. The molecule has 0 radical (unpaired) electrons. The molecule has 26 heavy (non-hydrogen) atoms. The van der Waals surface area contributed by atoms with Gasteiger partial charge in [0.2, 0.25) is 5.91 Å². The molecule has 2 aliphatic rings. The molecule has 6 heteroatoms. The molecule has 1 atom stereocenters. The van der Waals surface area contributed by atoms with E-state index in [0.29, 0.717) is 37.3 Å². The zero-order valence-electron chi connectivity index (χ0n) is 15.8. The van der Waals surface area contributed by atoms with Crippen LogP contribution in [0.1, 0.15) is 32.6 Å². The second kappa shape index (κ2) is 9.24. The van der Waals surface area contributed by atoms with Crippen LogP contribution in [-0.4, -0.2) is 56.9 Å². The molecule has 0 aliphatic carbocycles. The molecule has 0 unspecified atom stereocenters. The third-order valence-corrected chi connectivity index (χ3v) is 5.29. The zero-order chi connectivity index (χ0) is 18.4. The molecule has 1 fully saturated rings. The van der Waals surface area contributed by atoms with Crippen molar-refractivity contribution in [3.63, 3.8) is 0 Å². The van der Waals surface area contributed by atoms with Gasteiger partial charge in [-0.15, -0.1) is 0 Å². The molecular formula is C20H30N2O4. The zero-order valence-corrected chi connectivity index (χ0v) is 15.8. The maximum absolute atomic E-state index is 12.3. The van der Waals surface area contributed by atoms with E-state index in [1.165, 1.54) is 0 Å². The fraction of sp³-hybridized carbons (Fsp3) is 0.650. The monoisotopic (exact) mass is 362 g/mol. The first-order valence-corrected chi connectivity index (χ1v) is 9.58. The Morgan fingerprint density at radius 3 is 2.73 bits per heavy atom. The van der Waals surface area contributed by atoms with Crippen LogP contribution in [0.2, 0.25) is 0 Å². The van der Waals surface area contributed by atoms with Crippen molar-refractivity contribution < 1.29 is 19.0 Å². The van der Waals surface area contributed by atoms with Crippen molar-refractivity contribution in [3.8, 4) is 11.5 Å². The minimum atomic E-state index is 0.0665. The number of carbonyl (C=O) groups excluding carboxylic acids is 1. The first-order chi connectivity index (χ1) is 12.7. The van der Waals surface area contributed by atoms with Gasteiger partial charge in [0.15, 0.2) is 11.5 Å². The Balaban J connectivity index is 1.39. The van der Waals surface area contributed by atoms with Crippen molar-refractivity contribution in [3.05, 3.63) is 18.2 Å². The predicted molar refractivity (Wildman–Crippen MR) is 101 cm³/mol. The van der Waals surface area contributed by atoms with Crippen molar-refractivity contribution in [2.24, 2.45) is 5.92 Å². The molecule has 1 saturated heterocycles. The number of carbonyl (C=O) groups is 1. The maximum Gasteiger partial charge on any atom is 0.224 e. The van der Waals surface area contributed by atoms with Crippen molar-refractivity contribution in [1.29, 1.82) is 0 Å². The highest BCUT2D eigenvalue weighted by Crippen LogP contribution is 2.32. The van der Waals surface area contributed by atoms with Crippen LogP contribution in [-0.2, 0) is 9.53 Å². The fourth-order valence-corrected chi connectivity index (χ4v) is 3.71. The molecule has 2 heterocycles. The molecular weight excluding hydrogens is 332 g/mol. The van der Waals surface area contributed by atoms with E-state index in [4.69, 9.17) is 14.2 Å². The Morgan fingerprint density at radius 1 is 1.27 bits per heavy atom. The Kier molecular flexibility index (Phi) is 6.74. The van der Waals surface area contributed by atoms with Gasteiger partial charge in [0, 0.05) is 31.3 Å².